The summed E-state index contributed by atoms with van der Waals surface area (Å²) in [7, 11) is 0. The van der Waals surface area contributed by atoms with Gasteiger partial charge in [-0.2, -0.15) is 6.42 Å². The van der Waals surface area contributed by atoms with Crippen molar-refractivity contribution in [1.29, 1.82) is 0 Å². The van der Waals surface area contributed by atoms with E-state index in [1.54, 1.807) is 0 Å². The fourth-order valence-electron chi connectivity index (χ4n) is 4.40. The third-order valence-electron chi connectivity index (χ3n) is 6.53. The van der Waals surface area contributed by atoms with Gasteiger partial charge in [-0.05, 0) is 30.5 Å². The van der Waals surface area contributed by atoms with Crippen LogP contribution in [0.3, 0.4) is 0 Å². The monoisotopic (exact) mass is 472 g/mol. The fourth-order valence-corrected chi connectivity index (χ4v) is 4.40. The molecule has 0 amide bonds. The summed E-state index contributed by atoms with van der Waals surface area (Å²) >= 11 is 0. The summed E-state index contributed by atoms with van der Waals surface area (Å²) in [6.07, 6.45) is 9.32. The zero-order chi connectivity index (χ0) is 20.6. The Hall–Kier alpha value is -0.426. The Morgan fingerprint density at radius 2 is 1.90 bits per heavy atom. The summed E-state index contributed by atoms with van der Waals surface area (Å²) in [5, 5.41) is 10.6. The maximum Gasteiger partial charge on any atom is 0.245 e. The average molecular weight is 473 g/mol. The molecule has 1 radical (unpaired) electrons. The van der Waals surface area contributed by atoms with Gasteiger partial charge < -0.3 is 21.8 Å². The first-order valence-corrected chi connectivity index (χ1v) is 11.2. The van der Waals surface area contributed by atoms with Crippen LogP contribution in [0.15, 0.2) is 24.3 Å². The number of benzene rings is 1. The molecule has 1 heterocycles. The molecule has 1 N–H and O–H groups in total. The molecule has 1 aliphatic heterocycles. The van der Waals surface area contributed by atoms with Gasteiger partial charge in [0, 0.05) is 56.8 Å². The molecule has 0 spiro atoms. The van der Waals surface area contributed by atoms with Crippen LogP contribution in [0.1, 0.15) is 84.1 Å². The summed E-state index contributed by atoms with van der Waals surface area (Å²) < 4.78 is 0. The quantitative estimate of drug-likeness (QED) is 0.308. The number of anilines is 1. The van der Waals surface area contributed by atoms with Crippen molar-refractivity contribution in [2.75, 3.05) is 11.4 Å². The minimum absolute atomic E-state index is 0. The molecule has 1 aliphatic rings. The van der Waals surface area contributed by atoms with E-state index in [1.807, 2.05) is 0 Å². The molecule has 1 aromatic carbocycles. The minimum atomic E-state index is -0.322. The average Bonchev–Trinajstić information content (AvgIpc) is 3.12. The smallest absolute Gasteiger partial charge is 0.245 e. The SMILES string of the molecule is [C-]#[N+]C1CCN(c2ccc(C(C)(C)C(O)CCCC)cc2)C1CCCCC[CH2-].[Y]. The molecule has 1 saturated heterocycles. The topological polar surface area (TPSA) is 27.8 Å². The third-order valence-corrected chi connectivity index (χ3v) is 6.53. The number of rotatable bonds is 11. The summed E-state index contributed by atoms with van der Waals surface area (Å²) in [6.45, 7) is 18.9. The molecule has 3 nitrogen and oxygen atoms in total. The molecule has 159 valence electrons. The molecule has 2 rings (SSSR count). The van der Waals surface area contributed by atoms with Crippen molar-refractivity contribution in [3.8, 4) is 0 Å². The molecule has 29 heavy (non-hydrogen) atoms. The Morgan fingerprint density at radius 3 is 2.48 bits per heavy atom. The Balaban J connectivity index is 0.00000420. The van der Waals surface area contributed by atoms with E-state index >= 15 is 0 Å². The largest absolute Gasteiger partial charge is 0.392 e. The number of aliphatic hydroxyl groups excluding tert-OH is 1. The fraction of sp³-hybridized carbons (Fsp3) is 0.680. The molecule has 0 saturated carbocycles. The van der Waals surface area contributed by atoms with Crippen molar-refractivity contribution >= 4 is 5.69 Å². The van der Waals surface area contributed by atoms with Gasteiger partial charge in [-0.3, -0.25) is 0 Å². The Kier molecular flexibility index (Phi) is 12.0. The summed E-state index contributed by atoms with van der Waals surface area (Å²) in [5.41, 5.74) is 2.16. The van der Waals surface area contributed by atoms with E-state index in [-0.39, 0.29) is 50.3 Å². The van der Waals surface area contributed by atoms with Crippen LogP contribution in [0, 0.1) is 13.5 Å². The van der Waals surface area contributed by atoms with E-state index < -0.39 is 0 Å². The van der Waals surface area contributed by atoms with Crippen molar-refractivity contribution in [3.63, 3.8) is 0 Å². The van der Waals surface area contributed by atoms with Crippen LogP contribution in [0.4, 0.5) is 5.69 Å². The second-order valence-corrected chi connectivity index (χ2v) is 8.88. The van der Waals surface area contributed by atoms with Gasteiger partial charge in [0.05, 0.1) is 6.10 Å². The van der Waals surface area contributed by atoms with Gasteiger partial charge in [0.2, 0.25) is 6.04 Å². The van der Waals surface area contributed by atoms with Crippen LogP contribution < -0.4 is 4.90 Å². The van der Waals surface area contributed by atoms with Crippen molar-refractivity contribution in [1.82, 2.24) is 0 Å². The van der Waals surface area contributed by atoms with Crippen molar-refractivity contribution in [2.24, 2.45) is 0 Å². The summed E-state index contributed by atoms with van der Waals surface area (Å²) in [4.78, 5) is 6.36. The Bertz CT molecular complexity index is 623. The van der Waals surface area contributed by atoms with E-state index in [2.05, 4.69) is 61.7 Å². The van der Waals surface area contributed by atoms with Crippen LogP contribution in [0.2, 0.25) is 0 Å². The van der Waals surface area contributed by atoms with Crippen molar-refractivity contribution < 1.29 is 37.8 Å². The minimum Gasteiger partial charge on any atom is -0.392 e. The standard InChI is InChI=1S/C25H39N2O.Y/c1-6-8-10-11-12-23-22(26-5)18-19-27(23)21-16-14-20(15-17-21)25(3,4)24(28)13-9-7-2;/h14-17,22-24,28H,1,6-13,18-19H2,2-4H3;/q-1;. The van der Waals surface area contributed by atoms with Gasteiger partial charge >= 0.3 is 0 Å². The van der Waals surface area contributed by atoms with Gasteiger partial charge in [-0.1, -0.05) is 65.0 Å². The van der Waals surface area contributed by atoms with Crippen LogP contribution >= 0.6 is 0 Å². The molecule has 3 atom stereocenters. The Labute approximate surface area is 204 Å². The van der Waals surface area contributed by atoms with E-state index in [4.69, 9.17) is 6.57 Å². The molecule has 0 aromatic heterocycles. The third kappa shape index (κ3) is 7.05. The predicted molar refractivity (Wildman–Crippen MR) is 120 cm³/mol. The van der Waals surface area contributed by atoms with Gasteiger partial charge in [0.15, 0.2) is 0 Å². The number of hydrogen-bond acceptors (Lipinski definition) is 2. The maximum atomic E-state index is 10.6. The number of nitrogens with zero attached hydrogens (tertiary/aromatic N) is 2. The maximum absolute atomic E-state index is 10.6. The van der Waals surface area contributed by atoms with Crippen LogP contribution in [0.25, 0.3) is 4.85 Å². The summed E-state index contributed by atoms with van der Waals surface area (Å²) in [5.74, 6) is 0. The molecule has 0 aliphatic carbocycles. The molecule has 3 unspecified atom stereocenters. The van der Waals surface area contributed by atoms with E-state index in [0.29, 0.717) is 6.04 Å². The molecular weight excluding hydrogens is 433 g/mol. The normalized spacial score (nSPS) is 20.2. The van der Waals surface area contributed by atoms with Gasteiger partial charge in [-0.25, -0.2) is 6.57 Å². The zero-order valence-electron chi connectivity index (χ0n) is 18.7. The Morgan fingerprint density at radius 1 is 1.21 bits per heavy atom. The van der Waals surface area contributed by atoms with Crippen molar-refractivity contribution in [3.05, 3.63) is 48.2 Å². The van der Waals surface area contributed by atoms with Crippen LogP contribution in [-0.2, 0) is 38.1 Å². The van der Waals surface area contributed by atoms with E-state index in [9.17, 15) is 5.11 Å². The zero-order valence-corrected chi connectivity index (χ0v) is 21.6. The molecule has 4 heteroatoms. The molecule has 1 fully saturated rings. The number of hydrogen-bond donors (Lipinski definition) is 1. The van der Waals surface area contributed by atoms with E-state index in [1.165, 1.54) is 30.5 Å². The van der Waals surface area contributed by atoms with Gasteiger partial charge in [0.25, 0.3) is 0 Å². The van der Waals surface area contributed by atoms with Gasteiger partial charge in [0.1, 0.15) is 6.04 Å². The van der Waals surface area contributed by atoms with Crippen molar-refractivity contribution in [2.45, 2.75) is 102 Å². The second kappa shape index (κ2) is 13.1. The number of unbranched alkanes of at least 4 members (excludes halogenated alkanes) is 4. The first-order valence-electron chi connectivity index (χ1n) is 11.2. The summed E-state index contributed by atoms with van der Waals surface area (Å²) in [6, 6.07) is 9.19. The first kappa shape index (κ1) is 26.6. The molecule has 0 bridgehead atoms. The van der Waals surface area contributed by atoms with Gasteiger partial charge in [-0.15, -0.1) is 0 Å². The first-order chi connectivity index (χ1) is 13.5. The molecule has 1 aromatic rings. The van der Waals surface area contributed by atoms with Crippen LogP contribution in [-0.4, -0.2) is 29.8 Å². The van der Waals surface area contributed by atoms with E-state index in [0.717, 1.165) is 45.1 Å². The molecular formula is C25H39N2OY-. The number of aliphatic hydroxyl groups is 1. The second-order valence-electron chi connectivity index (χ2n) is 8.88. The van der Waals surface area contributed by atoms with Crippen LogP contribution in [0.5, 0.6) is 0 Å². The predicted octanol–water partition coefficient (Wildman–Crippen LogP) is 6.16.